The van der Waals surface area contributed by atoms with Crippen LogP contribution in [-0.2, 0) is 17.8 Å². The first kappa shape index (κ1) is 15.2. The Bertz CT molecular complexity index is 561. The van der Waals surface area contributed by atoms with Crippen LogP contribution in [0.5, 0.6) is 0 Å². The molecular weight excluding hydrogens is 286 g/mol. The van der Waals surface area contributed by atoms with Crippen molar-refractivity contribution in [1.82, 2.24) is 14.7 Å². The molecule has 124 valence electrons. The molecular formula is C19H27N3O. The summed E-state index contributed by atoms with van der Waals surface area (Å²) in [6.07, 6.45) is 5.18. The van der Waals surface area contributed by atoms with E-state index in [0.29, 0.717) is 12.5 Å². The minimum atomic E-state index is 0.317. The molecule has 0 aromatic heterocycles. The molecule has 2 fully saturated rings. The average molecular weight is 313 g/mol. The fraction of sp³-hybridized carbons (Fsp3) is 0.632. The van der Waals surface area contributed by atoms with Crippen LogP contribution < -0.4 is 0 Å². The quantitative estimate of drug-likeness (QED) is 0.850. The molecule has 3 aliphatic rings. The van der Waals surface area contributed by atoms with Gasteiger partial charge in [0, 0.05) is 45.3 Å². The van der Waals surface area contributed by atoms with Crippen LogP contribution in [0.15, 0.2) is 24.3 Å². The second-order valence-electron chi connectivity index (χ2n) is 7.23. The lowest BCUT2D eigenvalue weighted by Gasteiger charge is -2.43. The van der Waals surface area contributed by atoms with Gasteiger partial charge in [0.15, 0.2) is 0 Å². The van der Waals surface area contributed by atoms with Crippen molar-refractivity contribution in [3.63, 3.8) is 0 Å². The van der Waals surface area contributed by atoms with E-state index in [-0.39, 0.29) is 0 Å². The van der Waals surface area contributed by atoms with E-state index in [1.807, 2.05) is 0 Å². The molecule has 1 saturated heterocycles. The van der Waals surface area contributed by atoms with Crippen LogP contribution in [0.3, 0.4) is 0 Å². The average Bonchev–Trinajstić information content (AvgIpc) is 2.54. The van der Waals surface area contributed by atoms with Crippen LogP contribution in [0.4, 0.5) is 0 Å². The van der Waals surface area contributed by atoms with E-state index >= 15 is 0 Å². The van der Waals surface area contributed by atoms with Crippen molar-refractivity contribution in [2.24, 2.45) is 0 Å². The van der Waals surface area contributed by atoms with Gasteiger partial charge >= 0.3 is 0 Å². The molecule has 1 aromatic carbocycles. The van der Waals surface area contributed by atoms with Crippen LogP contribution in [0, 0.1) is 0 Å². The van der Waals surface area contributed by atoms with Crippen molar-refractivity contribution in [3.05, 3.63) is 35.4 Å². The Balaban J connectivity index is 1.27. The zero-order valence-corrected chi connectivity index (χ0v) is 13.9. The molecule has 2 heterocycles. The number of nitrogens with zero attached hydrogens (tertiary/aromatic N) is 3. The van der Waals surface area contributed by atoms with Crippen LogP contribution in [0.2, 0.25) is 0 Å². The van der Waals surface area contributed by atoms with Crippen molar-refractivity contribution in [2.45, 2.75) is 38.3 Å². The van der Waals surface area contributed by atoms with E-state index in [2.05, 4.69) is 39.0 Å². The molecule has 0 N–H and O–H groups in total. The summed E-state index contributed by atoms with van der Waals surface area (Å²) < 4.78 is 0. The van der Waals surface area contributed by atoms with E-state index < -0.39 is 0 Å². The number of amides is 1. The van der Waals surface area contributed by atoms with Gasteiger partial charge in [-0.15, -0.1) is 0 Å². The minimum Gasteiger partial charge on any atom is -0.339 e. The normalized spacial score (nSPS) is 23.4. The number of fused-ring (bicyclic) bond motifs is 1. The van der Waals surface area contributed by atoms with E-state index in [9.17, 15) is 4.79 Å². The molecule has 0 radical (unpaired) electrons. The fourth-order valence-corrected chi connectivity index (χ4v) is 4.07. The summed E-state index contributed by atoms with van der Waals surface area (Å²) in [6.45, 7) is 6.48. The number of rotatable bonds is 3. The predicted molar refractivity (Wildman–Crippen MR) is 91.2 cm³/mol. The largest absolute Gasteiger partial charge is 0.339 e. The second kappa shape index (κ2) is 6.62. The summed E-state index contributed by atoms with van der Waals surface area (Å²) in [5.41, 5.74) is 2.84. The molecule has 2 aliphatic heterocycles. The fourth-order valence-electron chi connectivity index (χ4n) is 4.07. The van der Waals surface area contributed by atoms with Crippen LogP contribution >= 0.6 is 0 Å². The predicted octanol–water partition coefficient (Wildman–Crippen LogP) is 1.74. The van der Waals surface area contributed by atoms with Crippen molar-refractivity contribution >= 4 is 5.91 Å². The molecule has 4 nitrogen and oxygen atoms in total. The number of piperazine rings is 1. The van der Waals surface area contributed by atoms with Gasteiger partial charge in [-0.3, -0.25) is 14.6 Å². The van der Waals surface area contributed by atoms with Crippen molar-refractivity contribution in [1.29, 1.82) is 0 Å². The van der Waals surface area contributed by atoms with Crippen molar-refractivity contribution in [2.75, 3.05) is 39.3 Å². The van der Waals surface area contributed by atoms with Gasteiger partial charge in [-0.2, -0.15) is 0 Å². The highest BCUT2D eigenvalue weighted by Crippen LogP contribution is 2.25. The van der Waals surface area contributed by atoms with E-state index in [1.165, 1.54) is 30.4 Å². The van der Waals surface area contributed by atoms with Crippen molar-refractivity contribution in [3.8, 4) is 0 Å². The molecule has 1 saturated carbocycles. The summed E-state index contributed by atoms with van der Waals surface area (Å²) in [5, 5.41) is 0. The van der Waals surface area contributed by atoms with Gasteiger partial charge in [0.05, 0.1) is 6.54 Å². The number of hydrogen-bond donors (Lipinski definition) is 0. The molecule has 0 bridgehead atoms. The summed E-state index contributed by atoms with van der Waals surface area (Å²) in [7, 11) is 0. The molecule has 0 atom stereocenters. The summed E-state index contributed by atoms with van der Waals surface area (Å²) in [5.74, 6) is 0.317. The highest BCUT2D eigenvalue weighted by atomic mass is 16.2. The molecule has 1 aliphatic carbocycles. The van der Waals surface area contributed by atoms with Gasteiger partial charge in [0.2, 0.25) is 5.91 Å². The Hall–Kier alpha value is -1.39. The Morgan fingerprint density at radius 3 is 2.43 bits per heavy atom. The van der Waals surface area contributed by atoms with E-state index in [4.69, 9.17) is 0 Å². The van der Waals surface area contributed by atoms with Crippen LogP contribution in [0.1, 0.15) is 30.4 Å². The Morgan fingerprint density at radius 2 is 1.74 bits per heavy atom. The van der Waals surface area contributed by atoms with Gasteiger partial charge in [0.25, 0.3) is 0 Å². The van der Waals surface area contributed by atoms with Crippen molar-refractivity contribution < 1.29 is 4.79 Å². The first-order valence-corrected chi connectivity index (χ1v) is 9.10. The van der Waals surface area contributed by atoms with Gasteiger partial charge in [0.1, 0.15) is 0 Å². The molecule has 4 heteroatoms. The van der Waals surface area contributed by atoms with Gasteiger partial charge in [-0.05, 0) is 30.4 Å². The first-order valence-electron chi connectivity index (χ1n) is 9.10. The molecule has 0 spiro atoms. The second-order valence-corrected chi connectivity index (χ2v) is 7.23. The lowest BCUT2D eigenvalue weighted by Crippen LogP contribution is -2.55. The maximum Gasteiger partial charge on any atom is 0.236 e. The minimum absolute atomic E-state index is 0.317. The smallest absolute Gasteiger partial charge is 0.236 e. The SMILES string of the molecule is O=C(CN1CCc2ccccc2C1)N1CCN(C2CCC2)CC1. The number of benzene rings is 1. The maximum atomic E-state index is 12.6. The molecule has 4 rings (SSSR count). The number of hydrogen-bond acceptors (Lipinski definition) is 3. The molecule has 0 unspecified atom stereocenters. The topological polar surface area (TPSA) is 26.8 Å². The van der Waals surface area contributed by atoms with E-state index in [1.54, 1.807) is 0 Å². The van der Waals surface area contributed by atoms with Gasteiger partial charge in [-0.25, -0.2) is 0 Å². The van der Waals surface area contributed by atoms with E-state index in [0.717, 1.165) is 51.7 Å². The number of carbonyl (C=O) groups is 1. The lowest BCUT2D eigenvalue weighted by atomic mass is 9.91. The third-order valence-electron chi connectivity index (χ3n) is 5.83. The highest BCUT2D eigenvalue weighted by molar-refractivity contribution is 5.78. The van der Waals surface area contributed by atoms with Gasteiger partial charge < -0.3 is 4.90 Å². The first-order chi connectivity index (χ1) is 11.3. The zero-order chi connectivity index (χ0) is 15.6. The lowest BCUT2D eigenvalue weighted by molar-refractivity contribution is -0.135. The monoisotopic (exact) mass is 313 g/mol. The van der Waals surface area contributed by atoms with Crippen LogP contribution in [-0.4, -0.2) is 65.9 Å². The Morgan fingerprint density at radius 1 is 1.00 bits per heavy atom. The summed E-state index contributed by atoms with van der Waals surface area (Å²) >= 11 is 0. The van der Waals surface area contributed by atoms with Gasteiger partial charge in [-0.1, -0.05) is 30.7 Å². The standard InChI is InChI=1S/C19H27N3O/c23-19(22-12-10-21(11-13-22)18-6-3-7-18)15-20-9-8-16-4-1-2-5-17(16)14-20/h1-2,4-5,18H,3,6-15H2. The number of carbonyl (C=O) groups excluding carboxylic acids is 1. The molecule has 23 heavy (non-hydrogen) atoms. The molecule has 1 amide bonds. The van der Waals surface area contributed by atoms with Crippen LogP contribution in [0.25, 0.3) is 0 Å². The zero-order valence-electron chi connectivity index (χ0n) is 13.9. The maximum absolute atomic E-state index is 12.6. The Labute approximate surface area is 139 Å². The highest BCUT2D eigenvalue weighted by Gasteiger charge is 2.30. The summed E-state index contributed by atoms with van der Waals surface area (Å²) in [6, 6.07) is 9.44. The molecule has 1 aromatic rings. The Kier molecular flexibility index (Phi) is 4.36. The third-order valence-corrected chi connectivity index (χ3v) is 5.83. The summed E-state index contributed by atoms with van der Waals surface area (Å²) in [4.78, 5) is 19.6. The third kappa shape index (κ3) is 3.29.